The first-order valence-corrected chi connectivity index (χ1v) is 8.48. The summed E-state index contributed by atoms with van der Waals surface area (Å²) in [5.41, 5.74) is -0.292. The summed E-state index contributed by atoms with van der Waals surface area (Å²) in [6.07, 6.45) is 0. The predicted molar refractivity (Wildman–Crippen MR) is 93.2 cm³/mol. The van der Waals surface area contributed by atoms with Crippen molar-refractivity contribution in [1.82, 2.24) is 0 Å². The molecule has 3 rings (SSSR count). The molecule has 3 aromatic carbocycles. The molecule has 0 aliphatic rings. The van der Waals surface area contributed by atoms with Gasteiger partial charge in [-0.15, -0.1) is 0 Å². The van der Waals surface area contributed by atoms with Gasteiger partial charge in [-0.2, -0.15) is 0 Å². The van der Waals surface area contributed by atoms with Gasteiger partial charge in [0.05, 0.1) is 0 Å². The van der Waals surface area contributed by atoms with E-state index in [9.17, 15) is 15.0 Å². The zero-order valence-corrected chi connectivity index (χ0v) is 13.1. The Bertz CT molecular complexity index is 757. The fraction of sp³-hybridized carbons (Fsp3) is 0. The van der Waals surface area contributed by atoms with Crippen LogP contribution in [-0.4, -0.2) is 15.7 Å². The molecule has 0 saturated heterocycles. The van der Waals surface area contributed by atoms with Crippen LogP contribution in [0.2, 0.25) is 0 Å². The summed E-state index contributed by atoms with van der Waals surface area (Å²) in [6.45, 7) is 0. The van der Waals surface area contributed by atoms with Gasteiger partial charge in [-0.25, -0.2) is 0 Å². The Kier molecular flexibility index (Phi) is 4.40. The van der Waals surface area contributed by atoms with Crippen LogP contribution < -0.4 is 10.6 Å². The second kappa shape index (κ2) is 6.64. The fourth-order valence-electron chi connectivity index (χ4n) is 2.40. The number of carbonyl (C=O) groups is 1. The van der Waals surface area contributed by atoms with Gasteiger partial charge in [0.1, 0.15) is 17.1 Å². The number of phenolic OH excluding ortho intramolecular Hbond substituents is 2. The zero-order valence-electron chi connectivity index (χ0n) is 12.3. The van der Waals surface area contributed by atoms with Crippen molar-refractivity contribution >= 4 is 24.1 Å². The number of aromatic hydroxyl groups is 2. The monoisotopic (exact) mass is 322 g/mol. The van der Waals surface area contributed by atoms with Crippen molar-refractivity contribution in [3.05, 3.63) is 84.4 Å². The first kappa shape index (κ1) is 15.3. The largest absolute Gasteiger partial charge is 0.507 e. The third-order valence-corrected chi connectivity index (χ3v) is 5.73. The number of phenols is 2. The Labute approximate surface area is 135 Å². The lowest BCUT2D eigenvalue weighted by Gasteiger charge is -2.18. The molecule has 0 unspecified atom stereocenters. The van der Waals surface area contributed by atoms with E-state index in [2.05, 4.69) is 0 Å². The molecule has 3 nitrogen and oxygen atoms in total. The van der Waals surface area contributed by atoms with Gasteiger partial charge in [-0.3, -0.25) is 4.79 Å². The summed E-state index contributed by atoms with van der Waals surface area (Å²) in [6, 6.07) is 23.2. The molecule has 0 aliphatic heterocycles. The van der Waals surface area contributed by atoms with Crippen LogP contribution in [0.25, 0.3) is 0 Å². The molecule has 0 aromatic heterocycles. The molecule has 4 heteroatoms. The van der Waals surface area contributed by atoms with Crippen LogP contribution in [-0.2, 0) is 0 Å². The number of hydrogen-bond donors (Lipinski definition) is 2. The van der Waals surface area contributed by atoms with Gasteiger partial charge in [-0.05, 0) is 22.7 Å². The molecular weight excluding hydrogens is 307 g/mol. The van der Waals surface area contributed by atoms with Crippen molar-refractivity contribution in [2.75, 3.05) is 0 Å². The van der Waals surface area contributed by atoms with Gasteiger partial charge in [0.15, 0.2) is 0 Å². The Hall–Kier alpha value is -2.64. The smallest absolute Gasteiger partial charge is 0.200 e. The topological polar surface area (TPSA) is 57.5 Å². The Morgan fingerprint density at radius 2 is 1.09 bits per heavy atom. The number of carbonyl (C=O) groups excluding carboxylic acids is 1. The van der Waals surface area contributed by atoms with Gasteiger partial charge in [0.25, 0.3) is 0 Å². The first-order valence-electron chi connectivity index (χ1n) is 7.14. The van der Waals surface area contributed by atoms with E-state index < -0.39 is 7.92 Å². The second-order valence-electron chi connectivity index (χ2n) is 4.98. The van der Waals surface area contributed by atoms with Crippen LogP contribution >= 0.6 is 7.92 Å². The molecule has 114 valence electrons. The maximum absolute atomic E-state index is 13.1. The fourth-order valence-corrected chi connectivity index (χ4v) is 4.56. The van der Waals surface area contributed by atoms with E-state index in [0.717, 1.165) is 10.6 Å². The maximum atomic E-state index is 13.1. The SMILES string of the molecule is O=C(c1c(O)cccc1O)P(c1ccccc1)c1ccccc1. The lowest BCUT2D eigenvalue weighted by molar-refractivity contribution is 0.108. The Morgan fingerprint density at radius 3 is 1.52 bits per heavy atom. The highest BCUT2D eigenvalue weighted by molar-refractivity contribution is 7.88. The molecule has 2 N–H and O–H groups in total. The minimum Gasteiger partial charge on any atom is -0.507 e. The van der Waals surface area contributed by atoms with Crippen LogP contribution in [0.1, 0.15) is 10.4 Å². The number of hydrogen-bond acceptors (Lipinski definition) is 3. The Balaban J connectivity index is 2.15. The highest BCUT2D eigenvalue weighted by Crippen LogP contribution is 2.42. The molecule has 0 saturated carbocycles. The van der Waals surface area contributed by atoms with Crippen molar-refractivity contribution in [3.63, 3.8) is 0 Å². The highest BCUT2D eigenvalue weighted by atomic mass is 31.1. The van der Waals surface area contributed by atoms with Crippen LogP contribution in [0.15, 0.2) is 78.9 Å². The highest BCUT2D eigenvalue weighted by Gasteiger charge is 2.27. The van der Waals surface area contributed by atoms with E-state index in [4.69, 9.17) is 0 Å². The normalized spacial score (nSPS) is 10.7. The van der Waals surface area contributed by atoms with Crippen molar-refractivity contribution in [2.24, 2.45) is 0 Å². The quantitative estimate of drug-likeness (QED) is 0.724. The summed E-state index contributed by atoms with van der Waals surface area (Å²) < 4.78 is 0. The van der Waals surface area contributed by atoms with Gasteiger partial charge in [0, 0.05) is 7.92 Å². The van der Waals surface area contributed by atoms with Crippen molar-refractivity contribution in [3.8, 4) is 11.5 Å². The summed E-state index contributed by atoms with van der Waals surface area (Å²) in [5, 5.41) is 21.8. The van der Waals surface area contributed by atoms with Crippen LogP contribution in [0.3, 0.4) is 0 Å². The van der Waals surface area contributed by atoms with Gasteiger partial charge in [-0.1, -0.05) is 66.7 Å². The molecule has 0 bridgehead atoms. The lowest BCUT2D eigenvalue weighted by Crippen LogP contribution is -2.18. The van der Waals surface area contributed by atoms with Crippen LogP contribution in [0.4, 0.5) is 0 Å². The van der Waals surface area contributed by atoms with Crippen molar-refractivity contribution in [1.29, 1.82) is 0 Å². The van der Waals surface area contributed by atoms with E-state index in [-0.39, 0.29) is 22.6 Å². The molecule has 3 aromatic rings. The molecule has 0 radical (unpaired) electrons. The minimum absolute atomic E-state index is 0.0219. The van der Waals surface area contributed by atoms with Crippen molar-refractivity contribution in [2.45, 2.75) is 0 Å². The summed E-state index contributed by atoms with van der Waals surface area (Å²) in [4.78, 5) is 13.1. The molecular formula is C19H15O3P. The average molecular weight is 322 g/mol. The van der Waals surface area contributed by atoms with Gasteiger partial charge in [0.2, 0.25) is 5.52 Å². The molecule has 0 heterocycles. The van der Waals surface area contributed by atoms with E-state index in [1.807, 2.05) is 60.7 Å². The third kappa shape index (κ3) is 3.10. The molecule has 23 heavy (non-hydrogen) atoms. The summed E-state index contributed by atoms with van der Waals surface area (Å²) in [5.74, 6) is -0.399. The van der Waals surface area contributed by atoms with E-state index in [0.29, 0.717) is 0 Å². The van der Waals surface area contributed by atoms with E-state index in [1.165, 1.54) is 18.2 Å². The van der Waals surface area contributed by atoms with E-state index >= 15 is 0 Å². The maximum Gasteiger partial charge on any atom is 0.200 e. The minimum atomic E-state index is -1.38. The predicted octanol–water partition coefficient (Wildman–Crippen LogP) is 3.37. The Morgan fingerprint density at radius 1 is 0.652 bits per heavy atom. The molecule has 0 fully saturated rings. The molecule has 0 atom stereocenters. The first-order chi connectivity index (χ1) is 11.2. The summed E-state index contributed by atoms with van der Waals surface area (Å²) in [7, 11) is -1.38. The number of rotatable bonds is 4. The molecule has 0 spiro atoms. The summed E-state index contributed by atoms with van der Waals surface area (Å²) >= 11 is 0. The standard InChI is InChI=1S/C19H15O3P/c20-16-12-7-13-17(21)18(16)19(22)23(14-8-3-1-4-9-14)15-10-5-2-6-11-15/h1-13,20-21H. The van der Waals surface area contributed by atoms with Crippen molar-refractivity contribution < 1.29 is 15.0 Å². The second-order valence-corrected chi connectivity index (χ2v) is 7.09. The van der Waals surface area contributed by atoms with Gasteiger partial charge >= 0.3 is 0 Å². The molecule has 0 amide bonds. The molecule has 0 aliphatic carbocycles. The van der Waals surface area contributed by atoms with Crippen LogP contribution in [0, 0.1) is 0 Å². The van der Waals surface area contributed by atoms with Gasteiger partial charge < -0.3 is 10.2 Å². The zero-order chi connectivity index (χ0) is 16.2. The average Bonchev–Trinajstić information content (AvgIpc) is 2.57. The third-order valence-electron chi connectivity index (χ3n) is 3.47. The van der Waals surface area contributed by atoms with Crippen LogP contribution in [0.5, 0.6) is 11.5 Å². The lowest BCUT2D eigenvalue weighted by atomic mass is 10.2. The van der Waals surface area contributed by atoms with E-state index in [1.54, 1.807) is 0 Å². The number of benzene rings is 3.